The molecule has 0 saturated heterocycles. The molecule has 4 rings (SSSR count). The van der Waals surface area contributed by atoms with Crippen molar-refractivity contribution in [1.29, 1.82) is 0 Å². The highest BCUT2D eigenvalue weighted by molar-refractivity contribution is 7.13. The van der Waals surface area contributed by atoms with Crippen LogP contribution in [-0.4, -0.2) is 31.4 Å². The van der Waals surface area contributed by atoms with E-state index in [1.165, 1.54) is 0 Å². The predicted octanol–water partition coefficient (Wildman–Crippen LogP) is 2.14. The lowest BCUT2D eigenvalue weighted by Crippen LogP contribution is -2.07. The van der Waals surface area contributed by atoms with E-state index in [2.05, 4.69) is 15.3 Å². The predicted molar refractivity (Wildman–Crippen MR) is 92.2 cm³/mol. The van der Waals surface area contributed by atoms with Crippen LogP contribution in [0.15, 0.2) is 34.4 Å². The summed E-state index contributed by atoms with van der Waals surface area (Å²) < 4.78 is 6.78. The molecule has 0 atom stereocenters. The van der Waals surface area contributed by atoms with E-state index in [1.807, 2.05) is 28.1 Å². The van der Waals surface area contributed by atoms with Crippen LogP contribution >= 0.6 is 11.3 Å². The van der Waals surface area contributed by atoms with Crippen LogP contribution in [0.1, 0.15) is 6.42 Å². The van der Waals surface area contributed by atoms with Crippen LogP contribution in [-0.2, 0) is 6.54 Å². The summed E-state index contributed by atoms with van der Waals surface area (Å²) in [5.74, 6) is 0.827. The maximum atomic E-state index is 5.87. The van der Waals surface area contributed by atoms with Gasteiger partial charge in [0.2, 0.25) is 0 Å². The molecule has 0 aliphatic heterocycles. The van der Waals surface area contributed by atoms with Crippen molar-refractivity contribution in [3.63, 3.8) is 0 Å². The van der Waals surface area contributed by atoms with Gasteiger partial charge in [-0.3, -0.25) is 4.98 Å². The average Bonchev–Trinajstić information content (AvgIpc) is 3.32. The van der Waals surface area contributed by atoms with Crippen molar-refractivity contribution in [3.05, 3.63) is 29.8 Å². The third-order valence-corrected chi connectivity index (χ3v) is 4.61. The molecular weight excluding hydrogens is 326 g/mol. The fourth-order valence-electron chi connectivity index (χ4n) is 2.65. The first kappa shape index (κ1) is 14.8. The van der Waals surface area contributed by atoms with E-state index in [0.29, 0.717) is 24.6 Å². The summed E-state index contributed by atoms with van der Waals surface area (Å²) in [6.45, 7) is 1.27. The Morgan fingerprint density at radius 3 is 2.83 bits per heavy atom. The third-order valence-electron chi connectivity index (χ3n) is 3.73. The lowest BCUT2D eigenvalue weighted by atomic mass is 10.2. The zero-order valence-corrected chi connectivity index (χ0v) is 13.5. The molecule has 24 heavy (non-hydrogen) atoms. The molecular formula is C15H15N7OS. The Bertz CT molecular complexity index is 973. The van der Waals surface area contributed by atoms with Crippen molar-refractivity contribution in [2.45, 2.75) is 13.0 Å². The number of nitrogens with zero attached hydrogens (tertiary/aromatic N) is 5. The Balaban J connectivity index is 1.98. The molecule has 0 amide bonds. The second-order valence-electron chi connectivity index (χ2n) is 5.23. The molecule has 0 aliphatic rings. The average molecular weight is 341 g/mol. The smallest absolute Gasteiger partial charge is 0.199 e. The molecule has 4 aromatic rings. The quantitative estimate of drug-likeness (QED) is 0.570. The summed E-state index contributed by atoms with van der Waals surface area (Å²) in [5, 5.41) is 9.57. The molecule has 4 N–H and O–H groups in total. The number of anilines is 1. The minimum absolute atomic E-state index is 0.213. The second kappa shape index (κ2) is 6.02. The molecule has 0 saturated carbocycles. The van der Waals surface area contributed by atoms with E-state index in [-0.39, 0.29) is 5.82 Å². The van der Waals surface area contributed by atoms with Gasteiger partial charge in [0.15, 0.2) is 17.3 Å². The van der Waals surface area contributed by atoms with Crippen LogP contribution in [0.2, 0.25) is 0 Å². The number of fused-ring (bicyclic) bond motifs is 1. The molecule has 0 aromatic carbocycles. The van der Waals surface area contributed by atoms with Gasteiger partial charge in [0, 0.05) is 12.7 Å². The van der Waals surface area contributed by atoms with Crippen molar-refractivity contribution >= 4 is 28.2 Å². The number of hydrogen-bond acceptors (Lipinski definition) is 8. The van der Waals surface area contributed by atoms with Gasteiger partial charge < -0.3 is 16.0 Å². The molecule has 122 valence electrons. The third kappa shape index (κ3) is 2.34. The summed E-state index contributed by atoms with van der Waals surface area (Å²) >= 11 is 1.62. The van der Waals surface area contributed by atoms with E-state index in [1.54, 1.807) is 17.5 Å². The van der Waals surface area contributed by atoms with E-state index in [4.69, 9.17) is 21.1 Å². The van der Waals surface area contributed by atoms with Gasteiger partial charge in [-0.2, -0.15) is 0 Å². The highest BCUT2D eigenvalue weighted by Crippen LogP contribution is 2.33. The van der Waals surface area contributed by atoms with Crippen LogP contribution in [0, 0.1) is 0 Å². The van der Waals surface area contributed by atoms with E-state index >= 15 is 0 Å². The van der Waals surface area contributed by atoms with E-state index in [9.17, 15) is 0 Å². The Morgan fingerprint density at radius 2 is 2.12 bits per heavy atom. The first-order valence-corrected chi connectivity index (χ1v) is 8.35. The van der Waals surface area contributed by atoms with Crippen molar-refractivity contribution in [2.24, 2.45) is 5.73 Å². The molecule has 8 nitrogen and oxygen atoms in total. The molecule has 9 heteroatoms. The Hall–Kier alpha value is -2.78. The molecule has 4 aromatic heterocycles. The van der Waals surface area contributed by atoms with Crippen LogP contribution in [0.4, 0.5) is 5.82 Å². The maximum Gasteiger partial charge on any atom is 0.199 e. The van der Waals surface area contributed by atoms with Crippen molar-refractivity contribution in [2.75, 3.05) is 12.3 Å². The molecule has 0 fully saturated rings. The summed E-state index contributed by atoms with van der Waals surface area (Å²) in [6, 6.07) is 5.95. The minimum atomic E-state index is 0.213. The van der Waals surface area contributed by atoms with Gasteiger partial charge in [0.1, 0.15) is 11.2 Å². The molecule has 0 unspecified atom stereocenters. The number of pyridine rings is 1. The van der Waals surface area contributed by atoms with Gasteiger partial charge >= 0.3 is 0 Å². The monoisotopic (exact) mass is 341 g/mol. The number of thiophene rings is 1. The molecule has 0 radical (unpaired) electrons. The van der Waals surface area contributed by atoms with E-state index < -0.39 is 0 Å². The fraction of sp³-hybridized carbons (Fsp3) is 0.200. The first-order valence-electron chi connectivity index (χ1n) is 7.47. The maximum absolute atomic E-state index is 5.87. The van der Waals surface area contributed by atoms with Gasteiger partial charge in [-0.1, -0.05) is 6.07 Å². The largest absolute Gasteiger partial charge is 0.379 e. The van der Waals surface area contributed by atoms with Gasteiger partial charge in [-0.05, 0) is 40.8 Å². The standard InChI is InChI=1S/C15H15N7OS/c16-5-2-7-22-9-4-6-18-12(10-3-1-8-24-10)11(9)19-15(22)13-14(17)21-23-20-13/h1,3-4,6,8H,2,5,7,16H2,(H2,17,21). The number of nitrogens with two attached hydrogens (primary N) is 2. The van der Waals surface area contributed by atoms with Crippen LogP contribution < -0.4 is 11.5 Å². The second-order valence-corrected chi connectivity index (χ2v) is 6.18. The van der Waals surface area contributed by atoms with E-state index in [0.717, 1.165) is 28.0 Å². The first-order chi connectivity index (χ1) is 11.8. The summed E-state index contributed by atoms with van der Waals surface area (Å²) in [7, 11) is 0. The Labute approximate surface area is 141 Å². The number of rotatable bonds is 5. The van der Waals surface area contributed by atoms with Crippen molar-refractivity contribution in [3.8, 4) is 22.1 Å². The van der Waals surface area contributed by atoms with Gasteiger partial charge in [-0.25, -0.2) is 9.61 Å². The summed E-state index contributed by atoms with van der Waals surface area (Å²) in [6.07, 6.45) is 2.59. The Kier molecular flexibility index (Phi) is 3.71. The zero-order valence-electron chi connectivity index (χ0n) is 12.7. The lowest BCUT2D eigenvalue weighted by molar-refractivity contribution is 0.310. The zero-order chi connectivity index (χ0) is 16.5. The number of nitrogen functional groups attached to an aromatic ring is 1. The lowest BCUT2D eigenvalue weighted by Gasteiger charge is -2.06. The van der Waals surface area contributed by atoms with Gasteiger partial charge in [0.25, 0.3) is 0 Å². The molecule has 0 aliphatic carbocycles. The van der Waals surface area contributed by atoms with Crippen molar-refractivity contribution < 1.29 is 4.63 Å². The number of hydrogen-bond donors (Lipinski definition) is 2. The number of aromatic nitrogens is 5. The van der Waals surface area contributed by atoms with Gasteiger partial charge in [0.05, 0.1) is 10.4 Å². The Morgan fingerprint density at radius 1 is 1.21 bits per heavy atom. The summed E-state index contributed by atoms with van der Waals surface area (Å²) in [5.41, 5.74) is 14.6. The SMILES string of the molecule is NCCCn1c(-c2nonc2N)nc2c(-c3cccs3)nccc21. The fourth-order valence-corrected chi connectivity index (χ4v) is 3.37. The number of aryl methyl sites for hydroxylation is 1. The van der Waals surface area contributed by atoms with Crippen LogP contribution in [0.3, 0.4) is 0 Å². The topological polar surface area (TPSA) is 122 Å². The minimum Gasteiger partial charge on any atom is -0.379 e. The molecule has 0 spiro atoms. The highest BCUT2D eigenvalue weighted by Gasteiger charge is 2.21. The number of imidazole rings is 1. The molecule has 4 heterocycles. The van der Waals surface area contributed by atoms with Crippen LogP contribution in [0.25, 0.3) is 33.1 Å². The van der Waals surface area contributed by atoms with Crippen molar-refractivity contribution in [1.82, 2.24) is 24.8 Å². The molecule has 0 bridgehead atoms. The van der Waals surface area contributed by atoms with Crippen LogP contribution in [0.5, 0.6) is 0 Å². The van der Waals surface area contributed by atoms with Gasteiger partial charge in [-0.15, -0.1) is 11.3 Å². The summed E-state index contributed by atoms with van der Waals surface area (Å²) in [4.78, 5) is 10.3. The normalized spacial score (nSPS) is 11.4. The highest BCUT2D eigenvalue weighted by atomic mass is 32.1.